The van der Waals surface area contributed by atoms with Crippen molar-refractivity contribution in [2.24, 2.45) is 0 Å². The van der Waals surface area contributed by atoms with Crippen molar-refractivity contribution in [3.8, 4) is 0 Å². The lowest BCUT2D eigenvalue weighted by molar-refractivity contribution is -0.120. The van der Waals surface area contributed by atoms with Crippen molar-refractivity contribution in [3.05, 3.63) is 18.2 Å². The van der Waals surface area contributed by atoms with Crippen LogP contribution in [0.1, 0.15) is 19.0 Å². The lowest BCUT2D eigenvalue weighted by Crippen LogP contribution is -2.33. The van der Waals surface area contributed by atoms with Crippen LogP contribution in [0.4, 0.5) is 0 Å². The molecule has 0 fully saturated rings. The van der Waals surface area contributed by atoms with E-state index in [0.29, 0.717) is 13.1 Å². The summed E-state index contributed by atoms with van der Waals surface area (Å²) in [6, 6.07) is 0. The van der Waals surface area contributed by atoms with Gasteiger partial charge in [0.25, 0.3) is 0 Å². The summed E-state index contributed by atoms with van der Waals surface area (Å²) in [6.45, 7) is 3.75. The summed E-state index contributed by atoms with van der Waals surface area (Å²) in [5.74, 6) is 0.0337. The molecule has 0 atom stereocenters. The molecule has 78 valence electrons. The van der Waals surface area contributed by atoms with Crippen molar-refractivity contribution in [2.75, 3.05) is 13.1 Å². The summed E-state index contributed by atoms with van der Waals surface area (Å²) in [5.41, 5.74) is 0.980. The molecule has 0 aliphatic carbocycles. The minimum Gasteiger partial charge on any atom is -0.355 e. The maximum atomic E-state index is 11.1. The van der Waals surface area contributed by atoms with E-state index in [1.807, 2.05) is 6.92 Å². The van der Waals surface area contributed by atoms with E-state index in [1.54, 1.807) is 12.5 Å². The highest BCUT2D eigenvalue weighted by molar-refractivity contribution is 5.77. The molecule has 0 aromatic carbocycles. The van der Waals surface area contributed by atoms with Crippen molar-refractivity contribution >= 4 is 5.91 Å². The van der Waals surface area contributed by atoms with Gasteiger partial charge in [0.1, 0.15) is 0 Å². The zero-order valence-corrected chi connectivity index (χ0v) is 8.34. The van der Waals surface area contributed by atoms with Gasteiger partial charge in [0.05, 0.1) is 12.9 Å². The van der Waals surface area contributed by atoms with Crippen LogP contribution in [0.3, 0.4) is 0 Å². The molecule has 14 heavy (non-hydrogen) atoms. The van der Waals surface area contributed by atoms with Crippen LogP contribution in [0.2, 0.25) is 0 Å². The Labute approximate surface area is 83.3 Å². The predicted molar refractivity (Wildman–Crippen MR) is 53.6 cm³/mol. The number of amides is 1. The molecule has 0 bridgehead atoms. The number of hydrogen-bond donors (Lipinski definition) is 3. The van der Waals surface area contributed by atoms with Gasteiger partial charge in [-0.2, -0.15) is 0 Å². The molecule has 3 N–H and O–H groups in total. The Hall–Kier alpha value is -1.36. The molecular formula is C9H16N4O. The monoisotopic (exact) mass is 196 g/mol. The van der Waals surface area contributed by atoms with Crippen LogP contribution in [0.15, 0.2) is 12.5 Å². The fourth-order valence-corrected chi connectivity index (χ4v) is 1.02. The van der Waals surface area contributed by atoms with Crippen molar-refractivity contribution in [1.82, 2.24) is 20.6 Å². The number of nitrogens with zero attached hydrogens (tertiary/aromatic N) is 1. The van der Waals surface area contributed by atoms with Gasteiger partial charge in [0.2, 0.25) is 5.91 Å². The summed E-state index contributed by atoms with van der Waals surface area (Å²) in [4.78, 5) is 18.0. The minimum atomic E-state index is 0.0337. The molecule has 1 rings (SSSR count). The number of imidazole rings is 1. The number of aromatic amines is 1. The zero-order valence-electron chi connectivity index (χ0n) is 8.34. The zero-order chi connectivity index (χ0) is 10.2. The van der Waals surface area contributed by atoms with Crippen LogP contribution in [0, 0.1) is 0 Å². The van der Waals surface area contributed by atoms with Gasteiger partial charge in [-0.3, -0.25) is 4.79 Å². The number of carbonyl (C=O) groups excluding carboxylic acids is 1. The topological polar surface area (TPSA) is 69.8 Å². The lowest BCUT2D eigenvalue weighted by atomic mass is 10.4. The molecule has 1 amide bonds. The Morgan fingerprint density at radius 3 is 3.14 bits per heavy atom. The van der Waals surface area contributed by atoms with Crippen LogP contribution in [-0.2, 0) is 11.3 Å². The van der Waals surface area contributed by atoms with Crippen LogP contribution >= 0.6 is 0 Å². The predicted octanol–water partition coefficient (Wildman–Crippen LogP) is 0.0255. The standard InChI is InChI=1S/C9H16N4O/c1-2-3-12-9(14)6-10-4-8-5-11-7-13-8/h5,7,10H,2-4,6H2,1H3,(H,11,13)(H,12,14). The molecule has 0 saturated heterocycles. The SMILES string of the molecule is CCCNC(=O)CNCc1cnc[nH]1. The van der Waals surface area contributed by atoms with E-state index in [4.69, 9.17) is 0 Å². The fourth-order valence-electron chi connectivity index (χ4n) is 1.02. The maximum absolute atomic E-state index is 11.1. The minimum absolute atomic E-state index is 0.0337. The summed E-state index contributed by atoms with van der Waals surface area (Å²) < 4.78 is 0. The second-order valence-corrected chi connectivity index (χ2v) is 3.03. The molecule has 0 spiro atoms. The molecular weight excluding hydrogens is 180 g/mol. The van der Waals surface area contributed by atoms with Crippen molar-refractivity contribution in [1.29, 1.82) is 0 Å². The number of hydrogen-bond acceptors (Lipinski definition) is 3. The van der Waals surface area contributed by atoms with Crippen molar-refractivity contribution in [3.63, 3.8) is 0 Å². The number of aromatic nitrogens is 2. The third-order valence-electron chi connectivity index (χ3n) is 1.73. The first kappa shape index (κ1) is 10.7. The van der Waals surface area contributed by atoms with E-state index in [-0.39, 0.29) is 5.91 Å². The van der Waals surface area contributed by atoms with Crippen molar-refractivity contribution < 1.29 is 4.79 Å². The smallest absolute Gasteiger partial charge is 0.233 e. The van der Waals surface area contributed by atoms with Gasteiger partial charge in [-0.25, -0.2) is 4.98 Å². The van der Waals surface area contributed by atoms with Gasteiger partial charge < -0.3 is 15.6 Å². The first-order valence-corrected chi connectivity index (χ1v) is 4.77. The number of rotatable bonds is 6. The van der Waals surface area contributed by atoms with Gasteiger partial charge in [0.15, 0.2) is 0 Å². The normalized spacial score (nSPS) is 10.1. The summed E-state index contributed by atoms with van der Waals surface area (Å²) >= 11 is 0. The van der Waals surface area contributed by atoms with E-state index in [9.17, 15) is 4.79 Å². The van der Waals surface area contributed by atoms with E-state index < -0.39 is 0 Å². The molecule has 1 heterocycles. The highest BCUT2D eigenvalue weighted by Gasteiger charge is 1.99. The fraction of sp³-hybridized carbons (Fsp3) is 0.556. The summed E-state index contributed by atoms with van der Waals surface area (Å²) in [7, 11) is 0. The van der Waals surface area contributed by atoms with Crippen LogP contribution < -0.4 is 10.6 Å². The Bertz CT molecular complexity index is 258. The molecule has 5 nitrogen and oxygen atoms in total. The quantitative estimate of drug-likeness (QED) is 0.601. The highest BCUT2D eigenvalue weighted by Crippen LogP contribution is 1.87. The third-order valence-corrected chi connectivity index (χ3v) is 1.73. The molecule has 0 aliphatic rings. The first-order chi connectivity index (χ1) is 6.83. The van der Waals surface area contributed by atoms with Crippen LogP contribution in [0.25, 0.3) is 0 Å². The Balaban J connectivity index is 2.06. The van der Waals surface area contributed by atoms with Gasteiger partial charge in [0, 0.05) is 25.0 Å². The number of nitrogens with one attached hydrogen (secondary N) is 3. The Morgan fingerprint density at radius 1 is 1.64 bits per heavy atom. The van der Waals surface area contributed by atoms with E-state index >= 15 is 0 Å². The van der Waals surface area contributed by atoms with Crippen LogP contribution in [0.5, 0.6) is 0 Å². The van der Waals surface area contributed by atoms with E-state index in [1.165, 1.54) is 0 Å². The average molecular weight is 196 g/mol. The third kappa shape index (κ3) is 4.04. The molecule has 0 radical (unpaired) electrons. The molecule has 5 heteroatoms. The van der Waals surface area contributed by atoms with Gasteiger partial charge >= 0.3 is 0 Å². The maximum Gasteiger partial charge on any atom is 0.233 e. The highest BCUT2D eigenvalue weighted by atomic mass is 16.1. The summed E-state index contributed by atoms with van der Waals surface area (Å²) in [6.07, 6.45) is 4.32. The number of H-pyrrole nitrogens is 1. The largest absolute Gasteiger partial charge is 0.355 e. The number of carbonyl (C=O) groups is 1. The molecule has 1 aromatic rings. The van der Waals surface area contributed by atoms with Crippen LogP contribution in [-0.4, -0.2) is 29.0 Å². The lowest BCUT2D eigenvalue weighted by Gasteiger charge is -2.03. The molecule has 0 unspecified atom stereocenters. The molecule has 0 aliphatic heterocycles. The summed E-state index contributed by atoms with van der Waals surface area (Å²) in [5, 5.41) is 5.80. The average Bonchev–Trinajstić information content (AvgIpc) is 2.67. The Kier molecular flexibility index (Phi) is 4.71. The molecule has 1 aromatic heterocycles. The van der Waals surface area contributed by atoms with Crippen molar-refractivity contribution in [2.45, 2.75) is 19.9 Å². The van der Waals surface area contributed by atoms with Gasteiger partial charge in [-0.15, -0.1) is 0 Å². The Morgan fingerprint density at radius 2 is 2.50 bits per heavy atom. The van der Waals surface area contributed by atoms with Gasteiger partial charge in [-0.05, 0) is 6.42 Å². The first-order valence-electron chi connectivity index (χ1n) is 4.77. The van der Waals surface area contributed by atoms with E-state index in [0.717, 1.165) is 18.7 Å². The molecule has 0 saturated carbocycles. The second-order valence-electron chi connectivity index (χ2n) is 3.03. The van der Waals surface area contributed by atoms with E-state index in [2.05, 4.69) is 20.6 Å². The second kappa shape index (κ2) is 6.15. The van der Waals surface area contributed by atoms with Gasteiger partial charge in [-0.1, -0.05) is 6.92 Å².